The van der Waals surface area contributed by atoms with Gasteiger partial charge in [-0.1, -0.05) is 13.3 Å². The van der Waals surface area contributed by atoms with Crippen molar-refractivity contribution >= 4 is 47.0 Å². The quantitative estimate of drug-likeness (QED) is 0.0681. The third kappa shape index (κ3) is 11.6. The number of hydrogen-bond acceptors (Lipinski definition) is 8. The van der Waals surface area contributed by atoms with Gasteiger partial charge in [0.15, 0.2) is 11.6 Å². The molecule has 224 valence electrons. The van der Waals surface area contributed by atoms with Gasteiger partial charge in [0.1, 0.15) is 16.8 Å². The van der Waals surface area contributed by atoms with E-state index < -0.39 is 60.2 Å². The van der Waals surface area contributed by atoms with Crippen molar-refractivity contribution < 1.29 is 61.6 Å². The van der Waals surface area contributed by atoms with Crippen LogP contribution in [0.3, 0.4) is 0 Å². The molecule has 1 amide bonds. The predicted molar refractivity (Wildman–Crippen MR) is 134 cm³/mol. The molecule has 2 aromatic rings. The third-order valence-electron chi connectivity index (χ3n) is 5.00. The van der Waals surface area contributed by atoms with Crippen molar-refractivity contribution in [3.8, 4) is 5.75 Å². The number of ether oxygens (including phenoxy) is 1. The number of hydrogen-bond donors (Lipinski definition) is 6. The Hall–Kier alpha value is -4.54. The van der Waals surface area contributed by atoms with E-state index in [2.05, 4.69) is 5.32 Å². The van der Waals surface area contributed by atoms with Gasteiger partial charge < -0.3 is 31.1 Å². The number of benzene rings is 1. The molecule has 41 heavy (non-hydrogen) atoms. The number of rotatable bonds is 12. The summed E-state index contributed by atoms with van der Waals surface area (Å²) in [6.45, 7) is 1.84. The fourth-order valence-corrected chi connectivity index (χ4v) is 4.04. The molecule has 0 aliphatic heterocycles. The van der Waals surface area contributed by atoms with Gasteiger partial charge in [-0.25, -0.2) is 18.8 Å². The first-order chi connectivity index (χ1) is 19.0. The van der Waals surface area contributed by atoms with E-state index in [0.717, 1.165) is 17.4 Å². The molecule has 1 heterocycles. The molecule has 0 aliphatic carbocycles. The van der Waals surface area contributed by atoms with Crippen molar-refractivity contribution in [2.75, 3.05) is 0 Å². The van der Waals surface area contributed by atoms with E-state index in [1.165, 1.54) is 18.2 Å². The summed E-state index contributed by atoms with van der Waals surface area (Å²) < 4.78 is 50.9. The highest BCUT2D eigenvalue weighted by Crippen LogP contribution is 2.25. The maximum atomic E-state index is 14.1. The highest BCUT2D eigenvalue weighted by molar-refractivity contribution is 7.13. The number of nitrogens with one attached hydrogen (secondary N) is 2. The van der Waals surface area contributed by atoms with Crippen LogP contribution in [0.1, 0.15) is 46.3 Å². The van der Waals surface area contributed by atoms with Gasteiger partial charge in [-0.2, -0.15) is 13.2 Å². The summed E-state index contributed by atoms with van der Waals surface area (Å²) in [4.78, 5) is 56.8. The fraction of sp³-hybridized carbons (Fsp3) is 0.333. The van der Waals surface area contributed by atoms with Gasteiger partial charge in [-0.15, -0.1) is 11.3 Å². The molecule has 0 fully saturated rings. The van der Waals surface area contributed by atoms with Crippen molar-refractivity contribution in [1.29, 1.82) is 5.41 Å². The average Bonchev–Trinajstić information content (AvgIpc) is 3.32. The number of carbonyl (C=O) groups is 5. The number of amides is 1. The lowest BCUT2D eigenvalue weighted by Gasteiger charge is -2.18. The van der Waals surface area contributed by atoms with Gasteiger partial charge >= 0.3 is 30.1 Å². The molecule has 0 saturated carbocycles. The molecule has 2 atom stereocenters. The lowest BCUT2D eigenvalue weighted by Crippen LogP contribution is -2.45. The number of carboxylic acid groups (broad SMARTS) is 3. The van der Waals surface area contributed by atoms with E-state index >= 15 is 0 Å². The minimum Gasteiger partial charge on any atom is -0.481 e. The molecule has 17 heteroatoms. The Balaban J connectivity index is 0.00000106. The minimum atomic E-state index is -5.08. The number of esters is 1. The molecule has 12 nitrogen and oxygen atoms in total. The number of alkyl halides is 3. The Labute approximate surface area is 233 Å². The van der Waals surface area contributed by atoms with Crippen LogP contribution in [0.4, 0.5) is 17.6 Å². The Morgan fingerprint density at radius 2 is 1.71 bits per heavy atom. The van der Waals surface area contributed by atoms with Crippen molar-refractivity contribution in [1.82, 2.24) is 5.32 Å². The summed E-state index contributed by atoms with van der Waals surface area (Å²) in [6.07, 6.45) is -4.61. The van der Waals surface area contributed by atoms with Crippen LogP contribution >= 0.6 is 11.3 Å². The molecule has 7 N–H and O–H groups in total. The zero-order chi connectivity index (χ0) is 31.5. The second-order valence-electron chi connectivity index (χ2n) is 8.20. The molecule has 2 rings (SSSR count). The predicted octanol–water partition coefficient (Wildman–Crippen LogP) is 3.03. The van der Waals surface area contributed by atoms with Crippen LogP contribution in [0.2, 0.25) is 0 Å². The van der Waals surface area contributed by atoms with Gasteiger partial charge in [0.25, 0.3) is 0 Å². The monoisotopic (exact) mass is 607 g/mol. The van der Waals surface area contributed by atoms with Crippen LogP contribution < -0.4 is 15.8 Å². The van der Waals surface area contributed by atoms with Crippen LogP contribution in [0.15, 0.2) is 30.3 Å². The van der Waals surface area contributed by atoms with Gasteiger partial charge in [-0.3, -0.25) is 15.0 Å². The molecule has 0 saturated heterocycles. The number of nitrogens with two attached hydrogens (primary N) is 1. The second kappa shape index (κ2) is 15.3. The summed E-state index contributed by atoms with van der Waals surface area (Å²) in [5.41, 5.74) is 5.44. The van der Waals surface area contributed by atoms with Crippen LogP contribution in [0, 0.1) is 17.1 Å². The summed E-state index contributed by atoms with van der Waals surface area (Å²) in [7, 11) is 0. The molecule has 1 aromatic carbocycles. The zero-order valence-electron chi connectivity index (χ0n) is 21.2. The van der Waals surface area contributed by atoms with E-state index in [9.17, 15) is 36.7 Å². The molecule has 0 radical (unpaired) electrons. The van der Waals surface area contributed by atoms with Crippen molar-refractivity contribution in [3.05, 3.63) is 51.5 Å². The first kappa shape index (κ1) is 34.5. The molecule has 0 spiro atoms. The minimum absolute atomic E-state index is 0.143. The van der Waals surface area contributed by atoms with Crippen LogP contribution in [-0.4, -0.2) is 63.2 Å². The highest BCUT2D eigenvalue weighted by Gasteiger charge is 2.38. The average molecular weight is 608 g/mol. The summed E-state index contributed by atoms with van der Waals surface area (Å²) in [5.74, 6) is -9.12. The lowest BCUT2D eigenvalue weighted by molar-refractivity contribution is -0.192. The third-order valence-corrected chi connectivity index (χ3v) is 6.09. The fourth-order valence-electron chi connectivity index (χ4n) is 3.08. The number of amidine groups is 1. The maximum absolute atomic E-state index is 14.1. The molecule has 0 bridgehead atoms. The number of thiophene rings is 1. The normalized spacial score (nSPS) is 12.2. The van der Waals surface area contributed by atoms with E-state index in [4.69, 9.17) is 36.0 Å². The van der Waals surface area contributed by atoms with Gasteiger partial charge in [0, 0.05) is 16.4 Å². The summed E-state index contributed by atoms with van der Waals surface area (Å²) in [6, 6.07) is 5.04. The van der Waals surface area contributed by atoms with Crippen molar-refractivity contribution in [3.63, 3.8) is 0 Å². The van der Waals surface area contributed by atoms with Crippen molar-refractivity contribution in [2.45, 2.75) is 44.8 Å². The van der Waals surface area contributed by atoms with Crippen LogP contribution in [0.5, 0.6) is 5.75 Å². The Bertz CT molecular complexity index is 1300. The van der Waals surface area contributed by atoms with Crippen molar-refractivity contribution in [2.24, 2.45) is 11.7 Å². The number of carbonyl (C=O) groups excluding carboxylic acids is 2. The van der Waals surface area contributed by atoms with E-state index in [-0.39, 0.29) is 28.4 Å². The van der Waals surface area contributed by atoms with Gasteiger partial charge in [0.05, 0.1) is 6.42 Å². The lowest BCUT2D eigenvalue weighted by atomic mass is 9.97. The Kier molecular flexibility index (Phi) is 12.9. The molecule has 0 unspecified atom stereocenters. The molecule has 0 aliphatic rings. The van der Waals surface area contributed by atoms with E-state index in [0.29, 0.717) is 17.7 Å². The molecular weight excluding hydrogens is 582 g/mol. The second-order valence-corrected chi connectivity index (χ2v) is 9.37. The van der Waals surface area contributed by atoms with Gasteiger partial charge in [-0.05, 0) is 43.2 Å². The Morgan fingerprint density at radius 3 is 2.17 bits per heavy atom. The highest BCUT2D eigenvalue weighted by atomic mass is 32.1. The van der Waals surface area contributed by atoms with Crippen LogP contribution in [0.25, 0.3) is 0 Å². The summed E-state index contributed by atoms with van der Waals surface area (Å²) >= 11 is 1.04. The summed E-state index contributed by atoms with van der Waals surface area (Å²) in [5, 5.41) is 34.7. The molecular formula is C24H25F4N3O9S. The maximum Gasteiger partial charge on any atom is 0.490 e. The number of halogens is 4. The van der Waals surface area contributed by atoms with E-state index in [1.807, 2.05) is 6.92 Å². The molecule has 1 aromatic heterocycles. The SMILES string of the molecule is CCC[C@H](Cc1ccc(C(=O)Oc2ccc(C(=N)N)cc2F)s1)C(=O)N[C@@H](CC(=O)O)C(=O)O.O=C(O)C(F)(F)F. The first-order valence-corrected chi connectivity index (χ1v) is 12.3. The van der Waals surface area contributed by atoms with Gasteiger partial charge in [0.2, 0.25) is 5.91 Å². The van der Waals surface area contributed by atoms with Crippen LogP contribution in [-0.2, 0) is 25.6 Å². The smallest absolute Gasteiger partial charge is 0.481 e. The topological polar surface area (TPSA) is 217 Å². The zero-order valence-corrected chi connectivity index (χ0v) is 22.0. The van der Waals surface area contributed by atoms with E-state index in [1.54, 1.807) is 6.07 Å². The largest absolute Gasteiger partial charge is 0.490 e. The Morgan fingerprint density at radius 1 is 1.10 bits per heavy atom. The number of carboxylic acids is 3. The number of aliphatic carboxylic acids is 3. The standard InChI is InChI=1S/C22H24FN3O7S.C2HF3O2/c1-2-3-12(20(29)26-15(21(30)31)10-18(27)28)8-13-5-7-17(34-13)22(32)33-16-6-4-11(19(24)25)9-14(16)23;3-2(4,5)1(6)7/h4-7,9,12,15H,2-3,8,10H2,1H3,(H3,24,25)(H,26,29)(H,27,28)(H,30,31);(H,6,7)/t12-,15+;/m1./s1. The number of nitrogen functional groups attached to an aromatic ring is 1. The first-order valence-electron chi connectivity index (χ1n) is 11.5.